The van der Waals surface area contributed by atoms with Gasteiger partial charge in [-0.2, -0.15) is 0 Å². The van der Waals surface area contributed by atoms with Gasteiger partial charge in [0.05, 0.1) is 12.6 Å². The fourth-order valence-corrected chi connectivity index (χ4v) is 1.39. The first kappa shape index (κ1) is 14.0. The Balaban J connectivity index is 2.10. The highest BCUT2D eigenvalue weighted by atomic mass is 16.2. The molecular formula is C12H23N3O2. The van der Waals surface area contributed by atoms with Crippen molar-refractivity contribution in [3.05, 3.63) is 0 Å². The lowest BCUT2D eigenvalue weighted by molar-refractivity contribution is -0.123. The van der Waals surface area contributed by atoms with Crippen LogP contribution < -0.4 is 16.0 Å². The van der Waals surface area contributed by atoms with Crippen LogP contribution in [0.3, 0.4) is 0 Å². The fraction of sp³-hybridized carbons (Fsp3) is 0.833. The van der Waals surface area contributed by atoms with Crippen molar-refractivity contribution in [1.82, 2.24) is 16.0 Å². The number of carbonyl (C=O) groups is 2. The Morgan fingerprint density at radius 2 is 1.88 bits per heavy atom. The molecule has 1 saturated carbocycles. The summed E-state index contributed by atoms with van der Waals surface area (Å²) in [5.41, 5.74) is 0. The second-order valence-electron chi connectivity index (χ2n) is 5.01. The second kappa shape index (κ2) is 6.59. The summed E-state index contributed by atoms with van der Waals surface area (Å²) in [4.78, 5) is 23.0. The molecule has 1 unspecified atom stereocenters. The molecule has 0 spiro atoms. The highest BCUT2D eigenvalue weighted by molar-refractivity contribution is 5.83. The van der Waals surface area contributed by atoms with Gasteiger partial charge in [-0.25, -0.2) is 0 Å². The van der Waals surface area contributed by atoms with Gasteiger partial charge in [-0.15, -0.1) is 0 Å². The van der Waals surface area contributed by atoms with E-state index in [4.69, 9.17) is 0 Å². The average Bonchev–Trinajstić information content (AvgIpc) is 3.05. The molecule has 0 aliphatic heterocycles. The first-order chi connectivity index (χ1) is 7.99. The molecule has 0 aromatic carbocycles. The summed E-state index contributed by atoms with van der Waals surface area (Å²) in [5.74, 6) is 0.566. The van der Waals surface area contributed by atoms with Crippen LogP contribution in [0.25, 0.3) is 0 Å². The zero-order valence-corrected chi connectivity index (χ0v) is 10.9. The fourth-order valence-electron chi connectivity index (χ4n) is 1.39. The van der Waals surface area contributed by atoms with Gasteiger partial charge in [0.1, 0.15) is 0 Å². The van der Waals surface area contributed by atoms with Crippen LogP contribution in [0.5, 0.6) is 0 Å². The summed E-state index contributed by atoms with van der Waals surface area (Å²) in [5, 5.41) is 8.55. The van der Waals surface area contributed by atoms with Crippen LogP contribution in [-0.4, -0.2) is 37.0 Å². The number of hydrogen-bond acceptors (Lipinski definition) is 3. The predicted octanol–water partition coefficient (Wildman–Crippen LogP) is 0.0153. The quantitative estimate of drug-likeness (QED) is 0.588. The smallest absolute Gasteiger partial charge is 0.237 e. The summed E-state index contributed by atoms with van der Waals surface area (Å²) in [6.45, 7) is 6.54. The third-order valence-electron chi connectivity index (χ3n) is 2.68. The maximum absolute atomic E-state index is 11.5. The maximum Gasteiger partial charge on any atom is 0.237 e. The lowest BCUT2D eigenvalue weighted by Gasteiger charge is -2.15. The Morgan fingerprint density at radius 3 is 2.41 bits per heavy atom. The van der Waals surface area contributed by atoms with Crippen molar-refractivity contribution in [2.45, 2.75) is 45.7 Å². The van der Waals surface area contributed by atoms with Crippen LogP contribution in [0.1, 0.15) is 33.6 Å². The number of rotatable bonds is 7. The molecule has 0 radical (unpaired) electrons. The van der Waals surface area contributed by atoms with Crippen molar-refractivity contribution in [2.24, 2.45) is 5.92 Å². The van der Waals surface area contributed by atoms with E-state index in [0.29, 0.717) is 5.92 Å². The van der Waals surface area contributed by atoms with Gasteiger partial charge in [-0.3, -0.25) is 14.9 Å². The molecule has 17 heavy (non-hydrogen) atoms. The van der Waals surface area contributed by atoms with Gasteiger partial charge in [0.15, 0.2) is 0 Å². The molecule has 1 atom stereocenters. The number of carbonyl (C=O) groups excluding carboxylic acids is 2. The summed E-state index contributed by atoms with van der Waals surface area (Å²) >= 11 is 0. The van der Waals surface area contributed by atoms with E-state index in [9.17, 15) is 9.59 Å². The van der Waals surface area contributed by atoms with E-state index in [1.54, 1.807) is 6.92 Å². The highest BCUT2D eigenvalue weighted by Crippen LogP contribution is 2.27. The first-order valence-electron chi connectivity index (χ1n) is 6.29. The largest absolute Gasteiger partial charge is 0.355 e. The molecule has 1 fully saturated rings. The van der Waals surface area contributed by atoms with Gasteiger partial charge in [-0.1, -0.05) is 0 Å². The summed E-state index contributed by atoms with van der Waals surface area (Å²) < 4.78 is 0. The van der Waals surface area contributed by atoms with Crippen molar-refractivity contribution >= 4 is 11.8 Å². The molecular weight excluding hydrogens is 218 g/mol. The van der Waals surface area contributed by atoms with Crippen molar-refractivity contribution < 1.29 is 9.59 Å². The van der Waals surface area contributed by atoms with Crippen molar-refractivity contribution in [3.63, 3.8) is 0 Å². The first-order valence-corrected chi connectivity index (χ1v) is 6.29. The van der Waals surface area contributed by atoms with Crippen molar-refractivity contribution in [1.29, 1.82) is 0 Å². The van der Waals surface area contributed by atoms with Gasteiger partial charge in [0.2, 0.25) is 11.8 Å². The van der Waals surface area contributed by atoms with Crippen LogP contribution in [0.4, 0.5) is 0 Å². The standard InChI is InChI=1S/C12H23N3O2/c1-8(2)15-12(17)9(3)13-7-11(16)14-6-10-4-5-10/h8-10,13H,4-7H2,1-3H3,(H,14,16)(H,15,17). The Bertz CT molecular complexity index is 275. The molecule has 2 amide bonds. The minimum Gasteiger partial charge on any atom is -0.355 e. The van der Waals surface area contributed by atoms with Crippen LogP contribution in [0.15, 0.2) is 0 Å². The monoisotopic (exact) mass is 241 g/mol. The highest BCUT2D eigenvalue weighted by Gasteiger charge is 2.21. The lowest BCUT2D eigenvalue weighted by Crippen LogP contribution is -2.47. The molecule has 0 bridgehead atoms. The maximum atomic E-state index is 11.5. The zero-order valence-electron chi connectivity index (χ0n) is 10.9. The summed E-state index contributed by atoms with van der Waals surface area (Å²) in [6, 6.07) is -0.223. The zero-order chi connectivity index (χ0) is 12.8. The third kappa shape index (κ3) is 6.26. The van der Waals surface area contributed by atoms with E-state index in [2.05, 4.69) is 16.0 Å². The minimum absolute atomic E-state index is 0.0407. The summed E-state index contributed by atoms with van der Waals surface area (Å²) in [6.07, 6.45) is 2.45. The lowest BCUT2D eigenvalue weighted by atomic mass is 10.3. The molecule has 1 aliphatic rings. The molecule has 0 saturated heterocycles. The molecule has 0 aromatic rings. The van der Waals surface area contributed by atoms with E-state index >= 15 is 0 Å². The Morgan fingerprint density at radius 1 is 1.24 bits per heavy atom. The summed E-state index contributed by atoms with van der Waals surface area (Å²) in [7, 11) is 0. The van der Waals surface area contributed by atoms with Crippen LogP contribution in [0.2, 0.25) is 0 Å². The normalized spacial score (nSPS) is 16.7. The van der Waals surface area contributed by atoms with E-state index < -0.39 is 0 Å². The molecule has 1 aliphatic carbocycles. The second-order valence-corrected chi connectivity index (χ2v) is 5.01. The molecule has 3 N–H and O–H groups in total. The van der Waals surface area contributed by atoms with Crippen LogP contribution in [-0.2, 0) is 9.59 Å². The van der Waals surface area contributed by atoms with Gasteiger partial charge >= 0.3 is 0 Å². The number of hydrogen-bond donors (Lipinski definition) is 3. The SMILES string of the molecule is CC(C)NC(=O)C(C)NCC(=O)NCC1CC1. The van der Waals surface area contributed by atoms with E-state index in [1.807, 2.05) is 13.8 Å². The van der Waals surface area contributed by atoms with Crippen LogP contribution in [0, 0.1) is 5.92 Å². The molecule has 98 valence electrons. The molecule has 1 rings (SSSR count). The topological polar surface area (TPSA) is 70.2 Å². The van der Waals surface area contributed by atoms with Crippen molar-refractivity contribution in [2.75, 3.05) is 13.1 Å². The number of amides is 2. The Hall–Kier alpha value is -1.10. The Kier molecular flexibility index (Phi) is 5.41. The van der Waals surface area contributed by atoms with Gasteiger partial charge in [-0.05, 0) is 39.5 Å². The molecule has 5 nitrogen and oxygen atoms in total. The number of nitrogens with one attached hydrogen (secondary N) is 3. The Labute approximate surface area is 103 Å². The molecule has 0 aromatic heterocycles. The third-order valence-corrected chi connectivity index (χ3v) is 2.68. The van der Waals surface area contributed by atoms with Crippen molar-refractivity contribution in [3.8, 4) is 0 Å². The predicted molar refractivity (Wildman–Crippen MR) is 66.5 cm³/mol. The minimum atomic E-state index is -0.343. The van der Waals surface area contributed by atoms with Gasteiger partial charge < -0.3 is 10.6 Å². The van der Waals surface area contributed by atoms with E-state index in [-0.39, 0.29) is 30.4 Å². The van der Waals surface area contributed by atoms with E-state index in [0.717, 1.165) is 6.54 Å². The van der Waals surface area contributed by atoms with Gasteiger partial charge in [0, 0.05) is 12.6 Å². The van der Waals surface area contributed by atoms with E-state index in [1.165, 1.54) is 12.8 Å². The van der Waals surface area contributed by atoms with Gasteiger partial charge in [0.25, 0.3) is 0 Å². The average molecular weight is 241 g/mol. The van der Waals surface area contributed by atoms with Crippen LogP contribution >= 0.6 is 0 Å². The molecule has 5 heteroatoms. The molecule has 0 heterocycles.